The van der Waals surface area contributed by atoms with E-state index in [2.05, 4.69) is 5.32 Å². The van der Waals surface area contributed by atoms with Crippen molar-refractivity contribution in [3.8, 4) is 5.75 Å². The average Bonchev–Trinajstić information content (AvgIpc) is 2.49. The number of hydrogen-bond donors (Lipinski definition) is 2. The second-order valence-corrected chi connectivity index (χ2v) is 4.61. The van der Waals surface area contributed by atoms with Crippen LogP contribution < -0.4 is 10.1 Å². The van der Waals surface area contributed by atoms with Crippen molar-refractivity contribution in [2.24, 2.45) is 0 Å². The largest absolute Gasteiger partial charge is 0.484 e. The molecule has 0 aliphatic heterocycles. The van der Waals surface area contributed by atoms with Crippen LogP contribution in [0.3, 0.4) is 0 Å². The number of aliphatic carboxylic acids is 1. The third-order valence-corrected chi connectivity index (χ3v) is 3.00. The lowest BCUT2D eigenvalue weighted by Crippen LogP contribution is -2.37. The maximum absolute atomic E-state index is 11.7. The molecule has 0 atom stereocenters. The van der Waals surface area contributed by atoms with Gasteiger partial charge in [0.1, 0.15) is 5.75 Å². The molecule has 1 aromatic rings. The summed E-state index contributed by atoms with van der Waals surface area (Å²) in [5.41, 5.74) is 0.704. The Bertz CT molecular complexity index is 507. The van der Waals surface area contributed by atoms with E-state index < -0.39 is 5.97 Å². The molecule has 0 unspecified atom stereocenters. The number of benzene rings is 1. The maximum Gasteiger partial charge on any atom is 0.328 e. The van der Waals surface area contributed by atoms with Gasteiger partial charge in [0.15, 0.2) is 6.61 Å². The Labute approximate surface area is 124 Å². The first-order valence-corrected chi connectivity index (χ1v) is 6.98. The summed E-state index contributed by atoms with van der Waals surface area (Å²) in [4.78, 5) is 22.2. The van der Waals surface area contributed by atoms with Crippen molar-refractivity contribution in [2.75, 3.05) is 6.61 Å². The van der Waals surface area contributed by atoms with Gasteiger partial charge in [0.25, 0.3) is 5.91 Å². The van der Waals surface area contributed by atoms with Crippen molar-refractivity contribution in [3.05, 3.63) is 35.9 Å². The fourth-order valence-corrected chi connectivity index (χ4v) is 1.79. The van der Waals surface area contributed by atoms with Gasteiger partial charge in [-0.1, -0.05) is 26.0 Å². The number of ether oxygens (including phenoxy) is 1. The molecule has 0 aromatic heterocycles. The van der Waals surface area contributed by atoms with Crippen molar-refractivity contribution in [3.63, 3.8) is 0 Å². The number of hydrogen-bond acceptors (Lipinski definition) is 3. The van der Waals surface area contributed by atoms with Crippen LogP contribution in [0.5, 0.6) is 5.75 Å². The van der Waals surface area contributed by atoms with Crippen LogP contribution in [0.4, 0.5) is 0 Å². The first-order valence-electron chi connectivity index (χ1n) is 6.98. The van der Waals surface area contributed by atoms with Gasteiger partial charge in [0.2, 0.25) is 0 Å². The Hall–Kier alpha value is -2.30. The zero-order valence-corrected chi connectivity index (χ0v) is 12.3. The summed E-state index contributed by atoms with van der Waals surface area (Å²) in [7, 11) is 0. The summed E-state index contributed by atoms with van der Waals surface area (Å²) in [6.45, 7) is 3.99. The molecule has 21 heavy (non-hydrogen) atoms. The lowest BCUT2D eigenvalue weighted by atomic mass is 10.2. The number of carboxylic acid groups (broad SMARTS) is 1. The maximum atomic E-state index is 11.7. The topological polar surface area (TPSA) is 75.6 Å². The number of nitrogens with one attached hydrogen (secondary N) is 1. The van der Waals surface area contributed by atoms with Gasteiger partial charge in [-0.15, -0.1) is 0 Å². The highest BCUT2D eigenvalue weighted by Gasteiger charge is 2.08. The van der Waals surface area contributed by atoms with Crippen LogP contribution in [0.2, 0.25) is 0 Å². The molecule has 0 saturated heterocycles. The molecule has 0 aliphatic carbocycles. The molecule has 0 radical (unpaired) electrons. The number of rotatable bonds is 8. The van der Waals surface area contributed by atoms with Crippen LogP contribution in [-0.4, -0.2) is 29.6 Å². The average molecular weight is 291 g/mol. The molecule has 0 saturated carbocycles. The van der Waals surface area contributed by atoms with Crippen LogP contribution >= 0.6 is 0 Å². The normalized spacial score (nSPS) is 10.8. The summed E-state index contributed by atoms with van der Waals surface area (Å²) < 4.78 is 5.41. The van der Waals surface area contributed by atoms with E-state index in [1.807, 2.05) is 13.8 Å². The molecule has 0 fully saturated rings. The van der Waals surface area contributed by atoms with E-state index >= 15 is 0 Å². The Morgan fingerprint density at radius 2 is 2.05 bits per heavy atom. The third kappa shape index (κ3) is 6.61. The van der Waals surface area contributed by atoms with Crippen molar-refractivity contribution >= 4 is 18.0 Å². The van der Waals surface area contributed by atoms with E-state index in [9.17, 15) is 9.59 Å². The fraction of sp³-hybridized carbons (Fsp3) is 0.375. The van der Waals surface area contributed by atoms with Gasteiger partial charge in [0, 0.05) is 12.1 Å². The summed E-state index contributed by atoms with van der Waals surface area (Å²) in [6.07, 6.45) is 4.30. The first-order chi connectivity index (χ1) is 10.0. The highest BCUT2D eigenvalue weighted by atomic mass is 16.5. The van der Waals surface area contributed by atoms with E-state index in [0.29, 0.717) is 11.3 Å². The van der Waals surface area contributed by atoms with E-state index in [4.69, 9.17) is 9.84 Å². The van der Waals surface area contributed by atoms with Crippen LogP contribution in [0, 0.1) is 0 Å². The Morgan fingerprint density at radius 1 is 1.33 bits per heavy atom. The SMILES string of the molecule is CCC(CC)NC(=O)COc1cccc(C=CC(=O)O)c1. The summed E-state index contributed by atoms with van der Waals surface area (Å²) >= 11 is 0. The lowest BCUT2D eigenvalue weighted by Gasteiger charge is -2.15. The molecule has 5 heteroatoms. The molecule has 0 bridgehead atoms. The van der Waals surface area contributed by atoms with Gasteiger partial charge in [-0.05, 0) is 36.6 Å². The highest BCUT2D eigenvalue weighted by Crippen LogP contribution is 2.14. The molecule has 0 heterocycles. The quantitative estimate of drug-likeness (QED) is 0.721. The van der Waals surface area contributed by atoms with Crippen LogP contribution in [0.1, 0.15) is 32.3 Å². The standard InChI is InChI=1S/C16H21NO4/c1-3-13(4-2)17-15(18)11-21-14-7-5-6-12(10-14)8-9-16(19)20/h5-10,13H,3-4,11H2,1-2H3,(H,17,18)(H,19,20). The molecule has 114 valence electrons. The number of carbonyl (C=O) groups excluding carboxylic acids is 1. The molecule has 0 spiro atoms. The molecule has 1 amide bonds. The zero-order chi connectivity index (χ0) is 15.7. The predicted molar refractivity (Wildman–Crippen MR) is 81.1 cm³/mol. The van der Waals surface area contributed by atoms with Gasteiger partial charge >= 0.3 is 5.97 Å². The van der Waals surface area contributed by atoms with Gasteiger partial charge in [0.05, 0.1) is 0 Å². The van der Waals surface area contributed by atoms with Crippen LogP contribution in [0.25, 0.3) is 6.08 Å². The fourth-order valence-electron chi connectivity index (χ4n) is 1.79. The lowest BCUT2D eigenvalue weighted by molar-refractivity contribution is -0.131. The Kier molecular flexibility index (Phi) is 7.01. The minimum Gasteiger partial charge on any atom is -0.484 e. The van der Waals surface area contributed by atoms with Crippen molar-refractivity contribution in [2.45, 2.75) is 32.7 Å². The smallest absolute Gasteiger partial charge is 0.328 e. The van der Waals surface area contributed by atoms with Gasteiger partial charge in [-0.2, -0.15) is 0 Å². The number of carbonyl (C=O) groups is 2. The van der Waals surface area contributed by atoms with Crippen LogP contribution in [-0.2, 0) is 9.59 Å². The predicted octanol–water partition coefficient (Wildman–Crippen LogP) is 2.47. The second-order valence-electron chi connectivity index (χ2n) is 4.61. The van der Waals surface area contributed by atoms with Gasteiger partial charge in [-0.3, -0.25) is 4.79 Å². The van der Waals surface area contributed by atoms with Crippen molar-refractivity contribution < 1.29 is 19.4 Å². The van der Waals surface area contributed by atoms with Gasteiger partial charge < -0.3 is 15.2 Å². The minimum atomic E-state index is -1.01. The zero-order valence-electron chi connectivity index (χ0n) is 12.3. The van der Waals surface area contributed by atoms with E-state index in [1.165, 1.54) is 6.08 Å². The summed E-state index contributed by atoms with van der Waals surface area (Å²) in [6, 6.07) is 7.09. The molecule has 1 rings (SSSR count). The Morgan fingerprint density at radius 3 is 2.67 bits per heavy atom. The number of carboxylic acids is 1. The van der Waals surface area contributed by atoms with Crippen molar-refractivity contribution in [1.82, 2.24) is 5.32 Å². The van der Waals surface area contributed by atoms with Crippen LogP contribution in [0.15, 0.2) is 30.3 Å². The van der Waals surface area contributed by atoms with E-state index in [0.717, 1.165) is 18.9 Å². The summed E-state index contributed by atoms with van der Waals surface area (Å²) in [5.74, 6) is -0.636. The molecular formula is C16H21NO4. The van der Waals surface area contributed by atoms with Gasteiger partial charge in [-0.25, -0.2) is 4.79 Å². The molecule has 0 aliphatic rings. The first kappa shape index (κ1) is 16.8. The molecule has 1 aromatic carbocycles. The molecule has 5 nitrogen and oxygen atoms in total. The summed E-state index contributed by atoms with van der Waals surface area (Å²) in [5, 5.41) is 11.5. The van der Waals surface area contributed by atoms with Crippen molar-refractivity contribution in [1.29, 1.82) is 0 Å². The monoisotopic (exact) mass is 291 g/mol. The Balaban J connectivity index is 2.53. The van der Waals surface area contributed by atoms with E-state index in [1.54, 1.807) is 24.3 Å². The second kappa shape index (κ2) is 8.79. The number of amides is 1. The molecular weight excluding hydrogens is 270 g/mol. The molecule has 2 N–H and O–H groups in total. The van der Waals surface area contributed by atoms with E-state index in [-0.39, 0.29) is 18.6 Å². The minimum absolute atomic E-state index is 0.0530. The third-order valence-electron chi connectivity index (χ3n) is 3.00. The highest BCUT2D eigenvalue weighted by molar-refractivity contribution is 5.85.